The van der Waals surface area contributed by atoms with Gasteiger partial charge in [-0.3, -0.25) is 0 Å². The molecule has 1 heterocycles. The Bertz CT molecular complexity index is 760. The van der Waals surface area contributed by atoms with Gasteiger partial charge >= 0.3 is 6.18 Å². The molecule has 0 bridgehead atoms. The van der Waals surface area contributed by atoms with Gasteiger partial charge in [0.05, 0.1) is 11.7 Å². The van der Waals surface area contributed by atoms with Gasteiger partial charge in [0.25, 0.3) is 0 Å². The Morgan fingerprint density at radius 1 is 1.25 bits per heavy atom. The maximum absolute atomic E-state index is 12.9. The molecule has 1 aromatic carbocycles. The van der Waals surface area contributed by atoms with Gasteiger partial charge < -0.3 is 15.2 Å². The average molecular weight is 393 g/mol. The summed E-state index contributed by atoms with van der Waals surface area (Å²) in [6.45, 7) is 2.18. The van der Waals surface area contributed by atoms with E-state index in [0.717, 1.165) is 37.0 Å². The molecule has 0 aromatic heterocycles. The van der Waals surface area contributed by atoms with Gasteiger partial charge in [-0.25, -0.2) is 0 Å². The molecule has 0 amide bonds. The second kappa shape index (κ2) is 8.97. The number of hydrogen-bond donors (Lipinski definition) is 2. The van der Waals surface area contributed by atoms with Gasteiger partial charge in [0.15, 0.2) is 0 Å². The molecular formula is C22H26F3NO2. The first-order valence-electron chi connectivity index (χ1n) is 9.62. The lowest BCUT2D eigenvalue weighted by Gasteiger charge is -2.31. The Hall–Kier alpha value is -2.05. The van der Waals surface area contributed by atoms with E-state index in [2.05, 4.69) is 11.4 Å². The van der Waals surface area contributed by atoms with E-state index in [9.17, 15) is 18.3 Å². The molecule has 1 aromatic rings. The molecule has 152 valence electrons. The number of aliphatic hydroxyl groups is 1. The first kappa shape index (κ1) is 20.7. The number of benzene rings is 1. The Labute approximate surface area is 163 Å². The molecule has 1 unspecified atom stereocenters. The number of aryl methyl sites for hydroxylation is 1. The smallest absolute Gasteiger partial charge is 0.416 e. The normalized spacial score (nSPS) is 23.8. The highest BCUT2D eigenvalue weighted by molar-refractivity contribution is 5.39. The summed E-state index contributed by atoms with van der Waals surface area (Å²) >= 11 is 0. The summed E-state index contributed by atoms with van der Waals surface area (Å²) in [4.78, 5) is 0. The number of allylic oxidation sites excluding steroid dienone is 4. The van der Waals surface area contributed by atoms with Crippen LogP contribution in [-0.2, 0) is 6.18 Å². The molecule has 1 fully saturated rings. The fourth-order valence-electron chi connectivity index (χ4n) is 3.56. The van der Waals surface area contributed by atoms with Crippen LogP contribution in [0.15, 0.2) is 54.2 Å². The molecule has 1 saturated heterocycles. The number of hydrogen-bond acceptors (Lipinski definition) is 3. The zero-order valence-electron chi connectivity index (χ0n) is 15.9. The number of nitrogens with one attached hydrogen (secondary N) is 1. The first-order valence-corrected chi connectivity index (χ1v) is 9.62. The SMILES string of the molecule is Cc1cc(C(F)(F)F)ccc1OC(C[C@H]1CC[C@@H](O)CN1)C1=CCC=CC=C1. The maximum Gasteiger partial charge on any atom is 0.416 e. The van der Waals surface area contributed by atoms with Gasteiger partial charge in [-0.1, -0.05) is 30.4 Å². The third-order valence-electron chi connectivity index (χ3n) is 5.16. The van der Waals surface area contributed by atoms with Gasteiger partial charge in [-0.05, 0) is 55.5 Å². The van der Waals surface area contributed by atoms with E-state index in [4.69, 9.17) is 4.74 Å². The van der Waals surface area contributed by atoms with E-state index < -0.39 is 11.7 Å². The lowest BCUT2D eigenvalue weighted by Crippen LogP contribution is -2.44. The van der Waals surface area contributed by atoms with Crippen molar-refractivity contribution in [3.8, 4) is 5.75 Å². The van der Waals surface area contributed by atoms with Crippen LogP contribution in [0.25, 0.3) is 0 Å². The number of β-amino-alcohol motifs (C(OH)–C–C–N with tert-alkyl or cyclic N) is 1. The Morgan fingerprint density at radius 3 is 2.75 bits per heavy atom. The van der Waals surface area contributed by atoms with Crippen molar-refractivity contribution >= 4 is 0 Å². The molecule has 3 atom stereocenters. The van der Waals surface area contributed by atoms with Crippen molar-refractivity contribution in [1.82, 2.24) is 5.32 Å². The third-order valence-corrected chi connectivity index (χ3v) is 5.16. The Morgan fingerprint density at radius 2 is 2.07 bits per heavy atom. The zero-order chi connectivity index (χ0) is 20.1. The molecule has 3 rings (SSSR count). The fraction of sp³-hybridized carbons (Fsp3) is 0.455. The minimum atomic E-state index is -4.37. The highest BCUT2D eigenvalue weighted by atomic mass is 19.4. The minimum Gasteiger partial charge on any atom is -0.485 e. The molecule has 0 saturated carbocycles. The molecular weight excluding hydrogens is 367 g/mol. The Balaban J connectivity index is 1.80. The summed E-state index contributed by atoms with van der Waals surface area (Å²) in [5.41, 5.74) is 0.801. The Kier molecular flexibility index (Phi) is 6.62. The molecule has 2 aliphatic rings. The third kappa shape index (κ3) is 5.49. The lowest BCUT2D eigenvalue weighted by atomic mass is 9.94. The van der Waals surface area contributed by atoms with Gasteiger partial charge in [0, 0.05) is 19.0 Å². The van der Waals surface area contributed by atoms with Crippen LogP contribution in [0, 0.1) is 6.92 Å². The molecule has 28 heavy (non-hydrogen) atoms. The van der Waals surface area contributed by atoms with Crippen LogP contribution in [0.5, 0.6) is 5.75 Å². The first-order chi connectivity index (χ1) is 13.3. The van der Waals surface area contributed by atoms with E-state index >= 15 is 0 Å². The van der Waals surface area contributed by atoms with Crippen LogP contribution in [0.3, 0.4) is 0 Å². The van der Waals surface area contributed by atoms with Gasteiger partial charge in [0.2, 0.25) is 0 Å². The number of rotatable bonds is 5. The fourth-order valence-corrected chi connectivity index (χ4v) is 3.56. The topological polar surface area (TPSA) is 41.5 Å². The standard InChI is InChI=1S/C22H26F3NO2/c1-15-12-17(22(23,24)25)8-11-20(15)28-21(16-6-4-2-3-5-7-16)13-18-9-10-19(27)14-26-18/h2-4,6-8,11-12,18-19,21,26-27H,5,9-10,13-14H2,1H3/t18-,19-,21?/m1/s1. The van der Waals surface area contributed by atoms with Crippen LogP contribution < -0.4 is 10.1 Å². The predicted octanol–water partition coefficient (Wildman–Crippen LogP) is 4.71. The zero-order valence-corrected chi connectivity index (χ0v) is 15.9. The van der Waals surface area contributed by atoms with Crippen molar-refractivity contribution in [3.05, 3.63) is 65.3 Å². The summed E-state index contributed by atoms with van der Waals surface area (Å²) in [7, 11) is 0. The van der Waals surface area contributed by atoms with E-state index in [1.807, 2.05) is 24.3 Å². The van der Waals surface area contributed by atoms with Crippen molar-refractivity contribution in [1.29, 1.82) is 0 Å². The van der Waals surface area contributed by atoms with Crippen molar-refractivity contribution in [3.63, 3.8) is 0 Å². The lowest BCUT2D eigenvalue weighted by molar-refractivity contribution is -0.137. The van der Waals surface area contributed by atoms with Crippen LogP contribution >= 0.6 is 0 Å². The van der Waals surface area contributed by atoms with Crippen LogP contribution in [0.2, 0.25) is 0 Å². The van der Waals surface area contributed by atoms with Crippen molar-refractivity contribution in [2.45, 2.75) is 57.0 Å². The molecule has 1 aliphatic heterocycles. The summed E-state index contributed by atoms with van der Waals surface area (Å²) in [5, 5.41) is 13.0. The van der Waals surface area contributed by atoms with Crippen LogP contribution in [0.1, 0.15) is 36.8 Å². The van der Waals surface area contributed by atoms with Crippen molar-refractivity contribution in [2.24, 2.45) is 0 Å². The molecule has 0 radical (unpaired) electrons. The molecule has 2 N–H and O–H groups in total. The predicted molar refractivity (Wildman–Crippen MR) is 103 cm³/mol. The molecule has 3 nitrogen and oxygen atoms in total. The van der Waals surface area contributed by atoms with Gasteiger partial charge in [-0.2, -0.15) is 13.2 Å². The van der Waals surface area contributed by atoms with Gasteiger partial charge in [-0.15, -0.1) is 0 Å². The maximum atomic E-state index is 12.9. The number of aliphatic hydroxyl groups excluding tert-OH is 1. The molecule has 0 spiro atoms. The number of alkyl halides is 3. The van der Waals surface area contributed by atoms with E-state index in [1.54, 1.807) is 6.92 Å². The van der Waals surface area contributed by atoms with Crippen LogP contribution in [-0.4, -0.2) is 29.9 Å². The highest BCUT2D eigenvalue weighted by Crippen LogP contribution is 2.33. The summed E-state index contributed by atoms with van der Waals surface area (Å²) < 4.78 is 45.1. The number of piperidine rings is 1. The van der Waals surface area contributed by atoms with E-state index in [0.29, 0.717) is 24.3 Å². The quantitative estimate of drug-likeness (QED) is 0.762. The number of ether oxygens (including phenoxy) is 1. The van der Waals surface area contributed by atoms with Crippen molar-refractivity contribution in [2.75, 3.05) is 6.54 Å². The highest BCUT2D eigenvalue weighted by Gasteiger charge is 2.31. The second-order valence-electron chi connectivity index (χ2n) is 7.38. The largest absolute Gasteiger partial charge is 0.485 e. The monoisotopic (exact) mass is 393 g/mol. The molecule has 6 heteroatoms. The summed E-state index contributed by atoms with van der Waals surface area (Å²) in [6, 6.07) is 3.78. The second-order valence-corrected chi connectivity index (χ2v) is 7.38. The van der Waals surface area contributed by atoms with Gasteiger partial charge in [0.1, 0.15) is 11.9 Å². The van der Waals surface area contributed by atoms with Crippen molar-refractivity contribution < 1.29 is 23.0 Å². The van der Waals surface area contributed by atoms with E-state index in [-0.39, 0.29) is 18.2 Å². The minimum absolute atomic E-state index is 0.189. The average Bonchev–Trinajstić information content (AvgIpc) is 2.93. The summed E-state index contributed by atoms with van der Waals surface area (Å²) in [5.74, 6) is 0.459. The number of halogens is 3. The summed E-state index contributed by atoms with van der Waals surface area (Å²) in [6.07, 6.45) is 8.11. The van der Waals surface area contributed by atoms with E-state index in [1.165, 1.54) is 6.07 Å². The van der Waals surface area contributed by atoms with Crippen LogP contribution in [0.4, 0.5) is 13.2 Å². The molecule has 1 aliphatic carbocycles.